The Morgan fingerprint density at radius 1 is 0.545 bits per heavy atom. The number of aryl methyl sites for hydroxylation is 1. The van der Waals surface area contributed by atoms with Gasteiger partial charge in [-0.15, -0.1) is 0 Å². The monoisotopic (exact) mass is 869 g/mol. The number of benzene rings is 6. The molecule has 336 valence electrons. The van der Waals surface area contributed by atoms with E-state index in [9.17, 15) is 0 Å². The SMILES string of the molecule is Cc1cc2c3c(c1)N(c1cc(C(C)(C)C)cc(C(C)(C)C)c1-c1ccccc1)c1c(oc4ccc(C(C)(C)C)cc14)B3c1ccc3c4c1N2c1ccc(C(C)(C)C)cc1C4(C)CCC3(C)C. The molecule has 3 nitrogen and oxygen atoms in total. The molecule has 11 rings (SSSR count). The van der Waals surface area contributed by atoms with Crippen LogP contribution in [0.3, 0.4) is 0 Å². The minimum Gasteiger partial charge on any atom is -0.468 e. The highest BCUT2D eigenvalue weighted by Gasteiger charge is 2.54. The molecule has 4 heteroatoms. The summed E-state index contributed by atoms with van der Waals surface area (Å²) in [6.45, 7) is 38.0. The Bertz CT molecular complexity index is 3190. The Kier molecular flexibility index (Phi) is 8.87. The fourth-order valence-corrected chi connectivity index (χ4v) is 12.3. The van der Waals surface area contributed by atoms with E-state index in [1.165, 1.54) is 106 Å². The molecule has 0 N–H and O–H groups in total. The van der Waals surface area contributed by atoms with Gasteiger partial charge in [-0.05, 0) is 144 Å². The average Bonchev–Trinajstić information content (AvgIpc) is 3.61. The summed E-state index contributed by atoms with van der Waals surface area (Å²) in [6.07, 6.45) is 2.25. The van der Waals surface area contributed by atoms with Crippen LogP contribution in [0.5, 0.6) is 0 Å². The van der Waals surface area contributed by atoms with Crippen LogP contribution in [0.15, 0.2) is 108 Å². The van der Waals surface area contributed by atoms with Crippen LogP contribution in [-0.2, 0) is 32.5 Å². The number of furan rings is 1. The molecule has 0 saturated carbocycles. The van der Waals surface area contributed by atoms with Gasteiger partial charge in [0, 0.05) is 33.4 Å². The van der Waals surface area contributed by atoms with Crippen LogP contribution < -0.4 is 26.4 Å². The second kappa shape index (κ2) is 13.6. The lowest BCUT2D eigenvalue weighted by Crippen LogP contribution is -2.62. The van der Waals surface area contributed by atoms with Gasteiger partial charge in [0.15, 0.2) is 0 Å². The summed E-state index contributed by atoms with van der Waals surface area (Å²) in [5, 5.41) is 1.17. The number of anilines is 6. The molecule has 0 bridgehead atoms. The van der Waals surface area contributed by atoms with Gasteiger partial charge < -0.3 is 14.2 Å². The minimum absolute atomic E-state index is 0.0226. The molecule has 0 spiro atoms. The van der Waals surface area contributed by atoms with E-state index >= 15 is 0 Å². The van der Waals surface area contributed by atoms with Gasteiger partial charge in [-0.3, -0.25) is 0 Å². The summed E-state index contributed by atoms with van der Waals surface area (Å²) < 4.78 is 7.54. The molecular formula is C62H69BN2O. The number of rotatable bonds is 2. The molecule has 0 saturated heterocycles. The highest BCUT2D eigenvalue weighted by Crippen LogP contribution is 2.61. The Hall–Kier alpha value is -5.48. The highest BCUT2D eigenvalue weighted by atomic mass is 16.3. The van der Waals surface area contributed by atoms with Gasteiger partial charge in [0.05, 0.1) is 22.7 Å². The van der Waals surface area contributed by atoms with Crippen LogP contribution in [0.25, 0.3) is 22.1 Å². The molecule has 6 aromatic carbocycles. The van der Waals surface area contributed by atoms with Crippen molar-refractivity contribution >= 4 is 68.4 Å². The van der Waals surface area contributed by atoms with Crippen molar-refractivity contribution in [1.29, 1.82) is 0 Å². The van der Waals surface area contributed by atoms with Gasteiger partial charge in [0.25, 0.3) is 6.71 Å². The lowest BCUT2D eigenvalue weighted by atomic mass is 9.34. The molecule has 1 atom stereocenters. The van der Waals surface area contributed by atoms with Gasteiger partial charge in [-0.2, -0.15) is 0 Å². The van der Waals surface area contributed by atoms with Gasteiger partial charge >= 0.3 is 0 Å². The maximum absolute atomic E-state index is 7.54. The summed E-state index contributed by atoms with van der Waals surface area (Å²) in [6, 6.07) is 40.6. The van der Waals surface area contributed by atoms with Crippen molar-refractivity contribution in [2.45, 2.75) is 156 Å². The molecule has 0 fully saturated rings. The topological polar surface area (TPSA) is 19.6 Å². The Morgan fingerprint density at radius 2 is 1.17 bits per heavy atom. The lowest BCUT2D eigenvalue weighted by molar-refractivity contribution is 0.348. The van der Waals surface area contributed by atoms with Gasteiger partial charge in [-0.25, -0.2) is 0 Å². The predicted molar refractivity (Wildman–Crippen MR) is 284 cm³/mol. The van der Waals surface area contributed by atoms with Crippen molar-refractivity contribution < 1.29 is 4.42 Å². The van der Waals surface area contributed by atoms with E-state index in [1.807, 2.05) is 0 Å². The van der Waals surface area contributed by atoms with Crippen LogP contribution in [0.1, 0.15) is 161 Å². The Balaban J connectivity index is 1.33. The third-order valence-electron chi connectivity index (χ3n) is 16.2. The third kappa shape index (κ3) is 6.08. The van der Waals surface area contributed by atoms with Crippen LogP contribution >= 0.6 is 0 Å². The molecule has 3 aliphatic heterocycles. The van der Waals surface area contributed by atoms with Crippen LogP contribution in [0.4, 0.5) is 34.1 Å². The van der Waals surface area contributed by atoms with Crippen LogP contribution in [-0.4, -0.2) is 6.71 Å². The van der Waals surface area contributed by atoms with Crippen molar-refractivity contribution in [2.75, 3.05) is 9.80 Å². The molecule has 4 heterocycles. The summed E-state index contributed by atoms with van der Waals surface area (Å²) >= 11 is 0. The first kappa shape index (κ1) is 43.1. The normalized spacial score (nSPS) is 18.3. The fraction of sp³-hybridized carbons (Fsp3) is 0.387. The van der Waals surface area contributed by atoms with E-state index in [-0.39, 0.29) is 39.2 Å². The zero-order valence-corrected chi connectivity index (χ0v) is 42.6. The highest BCUT2D eigenvalue weighted by molar-refractivity contribution is 7.00. The van der Waals surface area contributed by atoms with E-state index in [2.05, 4.69) is 224 Å². The zero-order chi connectivity index (χ0) is 47.0. The van der Waals surface area contributed by atoms with E-state index in [0.29, 0.717) is 0 Å². The molecule has 0 radical (unpaired) electrons. The maximum Gasteiger partial charge on any atom is 0.297 e. The summed E-state index contributed by atoms with van der Waals surface area (Å²) in [5.41, 5.74) is 25.4. The lowest BCUT2D eigenvalue weighted by Gasteiger charge is -2.54. The number of fused-ring (bicyclic) bond motifs is 9. The average molecular weight is 869 g/mol. The first-order chi connectivity index (χ1) is 30.8. The first-order valence-corrected chi connectivity index (χ1v) is 24.7. The molecular weight excluding hydrogens is 800 g/mol. The zero-order valence-electron chi connectivity index (χ0n) is 42.6. The van der Waals surface area contributed by atoms with Gasteiger partial charge in [0.1, 0.15) is 5.58 Å². The molecule has 66 heavy (non-hydrogen) atoms. The second-order valence-electron chi connectivity index (χ2n) is 25.5. The van der Waals surface area contributed by atoms with E-state index in [1.54, 1.807) is 0 Å². The molecule has 0 amide bonds. The quantitative estimate of drug-likeness (QED) is 0.161. The van der Waals surface area contributed by atoms with Crippen LogP contribution in [0.2, 0.25) is 0 Å². The van der Waals surface area contributed by atoms with Crippen LogP contribution in [0, 0.1) is 6.92 Å². The standard InChI is InChI=1S/C62H69BN2O/c1-36-30-48-53-49(31-36)65(47-35-40(59(8,9)10)34-44(60(11,12)13)51(47)37-20-18-17-19-21-37)54-41-32-38(57(2,3)4)23-27-50(41)66-56(54)63(53)45-25-24-42-52-55(45)64(48)46-26-22-39(58(5,6)7)33-43(46)62(52,16)29-28-61(42,14)15/h17-27,30-35H,28-29H2,1-16H3. The summed E-state index contributed by atoms with van der Waals surface area (Å²) in [4.78, 5) is 5.36. The Labute approximate surface area is 395 Å². The van der Waals surface area contributed by atoms with Crippen molar-refractivity contribution in [3.63, 3.8) is 0 Å². The second-order valence-corrected chi connectivity index (χ2v) is 25.5. The third-order valence-corrected chi connectivity index (χ3v) is 16.2. The predicted octanol–water partition coefficient (Wildman–Crippen LogP) is 15.4. The number of hydrogen-bond acceptors (Lipinski definition) is 3. The molecule has 1 aliphatic carbocycles. The fourth-order valence-electron chi connectivity index (χ4n) is 12.3. The molecule has 4 aliphatic rings. The van der Waals surface area contributed by atoms with Crippen molar-refractivity contribution in [1.82, 2.24) is 0 Å². The van der Waals surface area contributed by atoms with Crippen molar-refractivity contribution in [3.05, 3.63) is 148 Å². The van der Waals surface area contributed by atoms with Gasteiger partial charge in [0.2, 0.25) is 0 Å². The summed E-state index contributed by atoms with van der Waals surface area (Å²) in [5.74, 6) is 0. The molecule has 1 unspecified atom stereocenters. The molecule has 1 aromatic heterocycles. The van der Waals surface area contributed by atoms with Crippen molar-refractivity contribution in [2.24, 2.45) is 0 Å². The molecule has 7 aromatic rings. The summed E-state index contributed by atoms with van der Waals surface area (Å²) in [7, 11) is 0. The minimum atomic E-state index is -0.145. The van der Waals surface area contributed by atoms with Gasteiger partial charge in [-0.1, -0.05) is 171 Å². The number of nitrogens with zero attached hydrogens (tertiary/aromatic N) is 2. The van der Waals surface area contributed by atoms with E-state index < -0.39 is 0 Å². The number of hydrogen-bond donors (Lipinski definition) is 0. The smallest absolute Gasteiger partial charge is 0.297 e. The first-order valence-electron chi connectivity index (χ1n) is 24.7. The Morgan fingerprint density at radius 3 is 1.80 bits per heavy atom. The largest absolute Gasteiger partial charge is 0.468 e. The maximum atomic E-state index is 7.54. The van der Waals surface area contributed by atoms with E-state index in [0.717, 1.165) is 24.1 Å². The van der Waals surface area contributed by atoms with Crippen molar-refractivity contribution in [3.8, 4) is 11.1 Å². The van der Waals surface area contributed by atoms with E-state index in [4.69, 9.17) is 4.42 Å².